The molecule has 1 aliphatic rings. The molecule has 3 heteroatoms. The molecule has 0 spiro atoms. The SMILES string of the molecule is CC(=O)/C=C/CCC1(C)C(=O)CCC1=O. The maximum atomic E-state index is 11.5. The van der Waals surface area contributed by atoms with Gasteiger partial charge < -0.3 is 0 Å². The van der Waals surface area contributed by atoms with Crippen LogP contribution in [0.25, 0.3) is 0 Å². The van der Waals surface area contributed by atoms with Gasteiger partial charge in [0.15, 0.2) is 5.78 Å². The number of allylic oxidation sites excluding steroid dienone is 2. The van der Waals surface area contributed by atoms with Crippen molar-refractivity contribution in [1.82, 2.24) is 0 Å². The van der Waals surface area contributed by atoms with Crippen LogP contribution in [-0.4, -0.2) is 17.3 Å². The summed E-state index contributed by atoms with van der Waals surface area (Å²) in [7, 11) is 0. The van der Waals surface area contributed by atoms with Crippen LogP contribution in [0.5, 0.6) is 0 Å². The second-order valence-corrected chi connectivity index (χ2v) is 4.23. The molecule has 0 unspecified atom stereocenters. The molecule has 1 aliphatic carbocycles. The summed E-state index contributed by atoms with van der Waals surface area (Å²) >= 11 is 0. The predicted molar refractivity (Wildman–Crippen MR) is 56.4 cm³/mol. The number of ketones is 3. The Balaban J connectivity index is 2.53. The summed E-state index contributed by atoms with van der Waals surface area (Å²) in [6, 6.07) is 0. The van der Waals surface area contributed by atoms with Crippen LogP contribution in [0, 0.1) is 5.41 Å². The molecule has 0 amide bonds. The van der Waals surface area contributed by atoms with Gasteiger partial charge in [-0.1, -0.05) is 6.08 Å². The first-order chi connectivity index (χ1) is 6.97. The van der Waals surface area contributed by atoms with Crippen molar-refractivity contribution >= 4 is 17.3 Å². The number of Topliss-reactive ketones (excluding diaryl/α,β-unsaturated/α-hetero) is 2. The Hall–Kier alpha value is -1.25. The molecular weight excluding hydrogens is 192 g/mol. The van der Waals surface area contributed by atoms with Crippen molar-refractivity contribution in [2.24, 2.45) is 5.41 Å². The largest absolute Gasteiger partial charge is 0.299 e. The number of carbonyl (C=O) groups is 3. The van der Waals surface area contributed by atoms with E-state index in [-0.39, 0.29) is 17.3 Å². The third-order valence-electron chi connectivity index (χ3n) is 2.97. The molecular formula is C12H16O3. The monoisotopic (exact) mass is 208 g/mol. The third kappa shape index (κ3) is 2.61. The molecule has 0 aromatic carbocycles. The van der Waals surface area contributed by atoms with Crippen molar-refractivity contribution in [3.8, 4) is 0 Å². The van der Waals surface area contributed by atoms with Gasteiger partial charge in [0.05, 0.1) is 5.41 Å². The smallest absolute Gasteiger partial charge is 0.152 e. The number of rotatable bonds is 4. The minimum atomic E-state index is -0.791. The molecule has 0 bridgehead atoms. The Bertz CT molecular complexity index is 310. The molecule has 15 heavy (non-hydrogen) atoms. The van der Waals surface area contributed by atoms with Gasteiger partial charge in [0.1, 0.15) is 11.6 Å². The van der Waals surface area contributed by atoms with Crippen molar-refractivity contribution < 1.29 is 14.4 Å². The fourth-order valence-corrected chi connectivity index (χ4v) is 1.83. The molecule has 1 saturated carbocycles. The molecule has 1 rings (SSSR count). The van der Waals surface area contributed by atoms with E-state index < -0.39 is 5.41 Å². The number of carbonyl (C=O) groups excluding carboxylic acids is 3. The molecule has 1 fully saturated rings. The zero-order valence-electron chi connectivity index (χ0n) is 9.21. The first kappa shape index (κ1) is 11.8. The van der Waals surface area contributed by atoms with Gasteiger partial charge in [-0.15, -0.1) is 0 Å². The lowest BCUT2D eigenvalue weighted by Gasteiger charge is -2.18. The van der Waals surface area contributed by atoms with E-state index in [0.717, 1.165) is 0 Å². The minimum absolute atomic E-state index is 0.00997. The summed E-state index contributed by atoms with van der Waals surface area (Å²) in [6.45, 7) is 3.19. The van der Waals surface area contributed by atoms with Crippen molar-refractivity contribution in [3.05, 3.63) is 12.2 Å². The van der Waals surface area contributed by atoms with E-state index in [1.807, 2.05) is 0 Å². The first-order valence-corrected chi connectivity index (χ1v) is 5.20. The number of hydrogen-bond donors (Lipinski definition) is 0. The highest BCUT2D eigenvalue weighted by Crippen LogP contribution is 2.35. The molecule has 0 heterocycles. The Morgan fingerprint density at radius 2 is 1.87 bits per heavy atom. The highest BCUT2D eigenvalue weighted by atomic mass is 16.2. The van der Waals surface area contributed by atoms with Crippen LogP contribution in [-0.2, 0) is 14.4 Å². The Labute approximate surface area is 89.5 Å². The summed E-state index contributed by atoms with van der Waals surface area (Å²) in [5, 5.41) is 0. The second kappa shape index (κ2) is 4.51. The molecule has 0 N–H and O–H groups in total. The zero-order valence-corrected chi connectivity index (χ0v) is 9.21. The molecule has 3 nitrogen and oxygen atoms in total. The average Bonchev–Trinajstić information content (AvgIpc) is 2.41. The van der Waals surface area contributed by atoms with E-state index in [2.05, 4.69) is 0 Å². The van der Waals surface area contributed by atoms with Gasteiger partial charge in [-0.05, 0) is 32.8 Å². The van der Waals surface area contributed by atoms with Crippen LogP contribution in [0.1, 0.15) is 39.5 Å². The third-order valence-corrected chi connectivity index (χ3v) is 2.97. The van der Waals surface area contributed by atoms with Gasteiger partial charge in [0.2, 0.25) is 0 Å². The van der Waals surface area contributed by atoms with Gasteiger partial charge in [-0.3, -0.25) is 14.4 Å². The molecule has 0 atom stereocenters. The average molecular weight is 208 g/mol. The minimum Gasteiger partial charge on any atom is -0.299 e. The van der Waals surface area contributed by atoms with Gasteiger partial charge in [-0.25, -0.2) is 0 Å². The summed E-state index contributed by atoms with van der Waals surface area (Å²) in [5.74, 6) is 0.0803. The van der Waals surface area contributed by atoms with Crippen LogP contribution < -0.4 is 0 Å². The van der Waals surface area contributed by atoms with Crippen LogP contribution in [0.2, 0.25) is 0 Å². The van der Waals surface area contributed by atoms with Gasteiger partial charge in [0, 0.05) is 12.8 Å². The maximum Gasteiger partial charge on any atom is 0.152 e. The second-order valence-electron chi connectivity index (χ2n) is 4.23. The highest BCUT2D eigenvalue weighted by Gasteiger charge is 2.44. The lowest BCUT2D eigenvalue weighted by Crippen LogP contribution is -2.28. The Kier molecular flexibility index (Phi) is 3.56. The highest BCUT2D eigenvalue weighted by molar-refractivity contribution is 6.12. The van der Waals surface area contributed by atoms with E-state index in [1.165, 1.54) is 13.0 Å². The zero-order chi connectivity index (χ0) is 11.5. The van der Waals surface area contributed by atoms with Crippen LogP contribution in [0.3, 0.4) is 0 Å². The summed E-state index contributed by atoms with van der Waals surface area (Å²) in [4.78, 5) is 33.7. The molecule has 0 aromatic rings. The quantitative estimate of drug-likeness (QED) is 0.523. The first-order valence-electron chi connectivity index (χ1n) is 5.20. The molecule has 82 valence electrons. The van der Waals surface area contributed by atoms with E-state index in [9.17, 15) is 14.4 Å². The number of hydrogen-bond acceptors (Lipinski definition) is 3. The van der Waals surface area contributed by atoms with Crippen LogP contribution >= 0.6 is 0 Å². The van der Waals surface area contributed by atoms with E-state index in [4.69, 9.17) is 0 Å². The van der Waals surface area contributed by atoms with Crippen molar-refractivity contribution in [2.75, 3.05) is 0 Å². The van der Waals surface area contributed by atoms with Crippen molar-refractivity contribution in [2.45, 2.75) is 39.5 Å². The lowest BCUT2D eigenvalue weighted by atomic mass is 9.82. The van der Waals surface area contributed by atoms with E-state index in [0.29, 0.717) is 25.7 Å². The van der Waals surface area contributed by atoms with Gasteiger partial charge in [0.25, 0.3) is 0 Å². The molecule has 0 aromatic heterocycles. The van der Waals surface area contributed by atoms with Crippen LogP contribution in [0.15, 0.2) is 12.2 Å². The lowest BCUT2D eigenvalue weighted by molar-refractivity contribution is -0.134. The van der Waals surface area contributed by atoms with E-state index >= 15 is 0 Å². The summed E-state index contributed by atoms with van der Waals surface area (Å²) in [6.07, 6.45) is 5.10. The van der Waals surface area contributed by atoms with Crippen molar-refractivity contribution in [3.63, 3.8) is 0 Å². The molecule has 0 saturated heterocycles. The summed E-state index contributed by atoms with van der Waals surface area (Å²) in [5.41, 5.74) is -0.791. The van der Waals surface area contributed by atoms with Gasteiger partial charge in [-0.2, -0.15) is 0 Å². The standard InChI is InChI=1S/C12H16O3/c1-9(13)5-3-4-8-12(2)10(14)6-7-11(12)15/h3,5H,4,6-8H2,1-2H3/b5-3+. The Morgan fingerprint density at radius 1 is 1.33 bits per heavy atom. The normalized spacial score (nSPS) is 20.1. The molecule has 0 aliphatic heterocycles. The fourth-order valence-electron chi connectivity index (χ4n) is 1.83. The fraction of sp³-hybridized carbons (Fsp3) is 0.583. The van der Waals surface area contributed by atoms with Crippen LogP contribution in [0.4, 0.5) is 0 Å². The Morgan fingerprint density at radius 3 is 2.33 bits per heavy atom. The van der Waals surface area contributed by atoms with E-state index in [1.54, 1.807) is 13.0 Å². The van der Waals surface area contributed by atoms with Crippen molar-refractivity contribution in [1.29, 1.82) is 0 Å². The topological polar surface area (TPSA) is 51.2 Å². The maximum absolute atomic E-state index is 11.5. The van der Waals surface area contributed by atoms with Gasteiger partial charge >= 0.3 is 0 Å². The summed E-state index contributed by atoms with van der Waals surface area (Å²) < 4.78 is 0. The predicted octanol–water partition coefficient (Wildman–Crippen LogP) is 1.85. The molecule has 0 radical (unpaired) electrons.